The van der Waals surface area contributed by atoms with Gasteiger partial charge in [0.2, 0.25) is 0 Å². The fraction of sp³-hybridized carbons (Fsp3) is 0. The van der Waals surface area contributed by atoms with Crippen LogP contribution in [-0.2, 0) is 10.0 Å². The predicted octanol–water partition coefficient (Wildman–Crippen LogP) is 5.63. The summed E-state index contributed by atoms with van der Waals surface area (Å²) in [6, 6.07) is 12.3. The van der Waals surface area contributed by atoms with Crippen molar-refractivity contribution in [3.05, 3.63) is 76.0 Å². The highest BCUT2D eigenvalue weighted by Crippen LogP contribution is 2.33. The van der Waals surface area contributed by atoms with E-state index in [0.29, 0.717) is 15.8 Å². The average molecular weight is 430 g/mol. The van der Waals surface area contributed by atoms with Crippen LogP contribution in [0.5, 0.6) is 11.5 Å². The number of pyridine rings is 1. The SMILES string of the molecule is O=S(=O)(Nc1ccccc1Oc1cncc(Cl)c1)c1ccc(Cl)cc1Cl. The zero-order valence-electron chi connectivity index (χ0n) is 13.0. The average Bonchev–Trinajstić information content (AvgIpc) is 2.56. The summed E-state index contributed by atoms with van der Waals surface area (Å²) in [5, 5.41) is 0.752. The Morgan fingerprint density at radius 2 is 1.69 bits per heavy atom. The highest BCUT2D eigenvalue weighted by atomic mass is 35.5. The monoisotopic (exact) mass is 428 g/mol. The zero-order valence-corrected chi connectivity index (χ0v) is 16.1. The Morgan fingerprint density at radius 3 is 2.42 bits per heavy atom. The van der Waals surface area contributed by atoms with Gasteiger partial charge in [-0.1, -0.05) is 46.9 Å². The highest BCUT2D eigenvalue weighted by Gasteiger charge is 2.20. The van der Waals surface area contributed by atoms with E-state index in [-0.39, 0.29) is 21.4 Å². The minimum absolute atomic E-state index is 0.0161. The Bertz CT molecular complexity index is 1060. The van der Waals surface area contributed by atoms with E-state index < -0.39 is 10.0 Å². The topological polar surface area (TPSA) is 68.3 Å². The molecule has 2 aromatic carbocycles. The van der Waals surface area contributed by atoms with Crippen molar-refractivity contribution < 1.29 is 13.2 Å². The van der Waals surface area contributed by atoms with Gasteiger partial charge in [-0.2, -0.15) is 0 Å². The van der Waals surface area contributed by atoms with Crippen LogP contribution in [0.15, 0.2) is 65.8 Å². The van der Waals surface area contributed by atoms with Crippen LogP contribution in [0.3, 0.4) is 0 Å². The van der Waals surface area contributed by atoms with Gasteiger partial charge < -0.3 is 4.74 Å². The summed E-state index contributed by atoms with van der Waals surface area (Å²) in [7, 11) is -3.95. The number of hydrogen-bond acceptors (Lipinski definition) is 4. The molecular weight excluding hydrogens is 419 g/mol. The van der Waals surface area contributed by atoms with Gasteiger partial charge in [-0.25, -0.2) is 8.42 Å². The molecule has 0 saturated carbocycles. The van der Waals surface area contributed by atoms with Crippen molar-refractivity contribution in [1.82, 2.24) is 4.98 Å². The number of aromatic nitrogens is 1. The smallest absolute Gasteiger partial charge is 0.263 e. The first-order valence-corrected chi connectivity index (χ1v) is 9.82. The number of hydrogen-bond donors (Lipinski definition) is 1. The van der Waals surface area contributed by atoms with E-state index in [9.17, 15) is 8.42 Å². The second kappa shape index (κ2) is 7.72. The van der Waals surface area contributed by atoms with Gasteiger partial charge in [0, 0.05) is 17.3 Å². The van der Waals surface area contributed by atoms with Gasteiger partial charge in [-0.3, -0.25) is 9.71 Å². The summed E-state index contributed by atoms with van der Waals surface area (Å²) in [4.78, 5) is 3.83. The number of rotatable bonds is 5. The van der Waals surface area contributed by atoms with Gasteiger partial charge in [-0.15, -0.1) is 0 Å². The summed E-state index contributed by atoms with van der Waals surface area (Å²) < 4.78 is 33.5. The molecule has 1 heterocycles. The van der Waals surface area contributed by atoms with E-state index in [1.54, 1.807) is 30.3 Å². The molecule has 0 atom stereocenters. The standard InChI is InChI=1S/C17H11Cl3N2O3S/c18-11-5-6-17(14(20)8-11)26(23,24)22-15-3-1-2-4-16(15)25-13-7-12(19)9-21-10-13/h1-10,22H. The van der Waals surface area contributed by atoms with E-state index in [1.807, 2.05) is 0 Å². The number of nitrogens with one attached hydrogen (secondary N) is 1. The third-order valence-electron chi connectivity index (χ3n) is 3.22. The molecule has 134 valence electrons. The summed E-state index contributed by atoms with van der Waals surface area (Å²) in [6.45, 7) is 0. The molecule has 0 spiro atoms. The van der Waals surface area contributed by atoms with Gasteiger partial charge in [0.1, 0.15) is 10.6 Å². The van der Waals surface area contributed by atoms with Crippen LogP contribution in [0, 0.1) is 0 Å². The second-order valence-electron chi connectivity index (χ2n) is 5.12. The molecule has 0 unspecified atom stereocenters. The van der Waals surface area contributed by atoms with Crippen molar-refractivity contribution in [1.29, 1.82) is 0 Å². The van der Waals surface area contributed by atoms with E-state index in [1.165, 1.54) is 30.6 Å². The number of halogens is 3. The Balaban J connectivity index is 1.93. The van der Waals surface area contributed by atoms with Crippen molar-refractivity contribution in [3.8, 4) is 11.5 Å². The lowest BCUT2D eigenvalue weighted by molar-refractivity contribution is 0.482. The van der Waals surface area contributed by atoms with Crippen LogP contribution in [0.2, 0.25) is 15.1 Å². The first-order chi connectivity index (χ1) is 12.3. The van der Waals surface area contributed by atoms with E-state index in [4.69, 9.17) is 39.5 Å². The molecule has 0 aliphatic heterocycles. The fourth-order valence-electron chi connectivity index (χ4n) is 2.11. The maximum absolute atomic E-state index is 12.7. The van der Waals surface area contributed by atoms with E-state index in [0.717, 1.165) is 0 Å². The highest BCUT2D eigenvalue weighted by molar-refractivity contribution is 7.92. The normalized spacial score (nSPS) is 11.2. The van der Waals surface area contributed by atoms with Crippen LogP contribution < -0.4 is 9.46 Å². The fourth-order valence-corrected chi connectivity index (χ4v) is 4.12. The third-order valence-corrected chi connectivity index (χ3v) is 5.51. The molecule has 3 rings (SSSR count). The molecule has 26 heavy (non-hydrogen) atoms. The van der Waals surface area contributed by atoms with Crippen molar-refractivity contribution in [3.63, 3.8) is 0 Å². The number of ether oxygens (including phenoxy) is 1. The minimum atomic E-state index is -3.95. The molecule has 1 aromatic heterocycles. The van der Waals surface area contributed by atoms with Crippen LogP contribution in [0.4, 0.5) is 5.69 Å². The Hall–Kier alpha value is -1.99. The summed E-state index contributed by atoms with van der Waals surface area (Å²) in [5.41, 5.74) is 0.235. The number of benzene rings is 2. The van der Waals surface area contributed by atoms with Crippen LogP contribution in [0.1, 0.15) is 0 Å². The maximum atomic E-state index is 12.7. The molecule has 0 saturated heterocycles. The van der Waals surface area contributed by atoms with Crippen LogP contribution >= 0.6 is 34.8 Å². The van der Waals surface area contributed by atoms with Gasteiger partial charge in [0.05, 0.1) is 21.9 Å². The predicted molar refractivity (Wildman–Crippen MR) is 103 cm³/mol. The number of para-hydroxylation sites is 2. The number of nitrogens with zero attached hydrogens (tertiary/aromatic N) is 1. The quantitative estimate of drug-likeness (QED) is 0.570. The summed E-state index contributed by atoms with van der Waals surface area (Å²) in [6.07, 6.45) is 2.93. The van der Waals surface area contributed by atoms with Gasteiger partial charge in [0.15, 0.2) is 5.75 Å². The molecule has 0 aliphatic carbocycles. The summed E-state index contributed by atoms with van der Waals surface area (Å²) in [5.74, 6) is 0.652. The number of sulfonamides is 1. The molecule has 0 amide bonds. The van der Waals surface area contributed by atoms with Gasteiger partial charge in [0.25, 0.3) is 10.0 Å². The minimum Gasteiger partial charge on any atom is -0.453 e. The lowest BCUT2D eigenvalue weighted by Crippen LogP contribution is -2.14. The Morgan fingerprint density at radius 1 is 0.923 bits per heavy atom. The molecule has 1 N–H and O–H groups in total. The molecule has 0 aliphatic rings. The maximum Gasteiger partial charge on any atom is 0.263 e. The first kappa shape index (κ1) is 18.8. The van der Waals surface area contributed by atoms with Crippen LogP contribution in [-0.4, -0.2) is 13.4 Å². The van der Waals surface area contributed by atoms with Gasteiger partial charge in [-0.05, 0) is 30.3 Å². The molecule has 3 aromatic rings. The lowest BCUT2D eigenvalue weighted by Gasteiger charge is -2.14. The Labute approximate surface area is 165 Å². The molecule has 5 nitrogen and oxygen atoms in total. The molecule has 0 fully saturated rings. The van der Waals surface area contributed by atoms with E-state index >= 15 is 0 Å². The summed E-state index contributed by atoms with van der Waals surface area (Å²) >= 11 is 17.7. The molecular formula is C17H11Cl3N2O3S. The molecule has 0 radical (unpaired) electrons. The van der Waals surface area contributed by atoms with Crippen molar-refractivity contribution in [2.45, 2.75) is 4.90 Å². The first-order valence-electron chi connectivity index (χ1n) is 7.20. The number of anilines is 1. The van der Waals surface area contributed by atoms with Gasteiger partial charge >= 0.3 is 0 Å². The molecule has 0 bridgehead atoms. The largest absolute Gasteiger partial charge is 0.453 e. The van der Waals surface area contributed by atoms with Crippen molar-refractivity contribution >= 4 is 50.5 Å². The van der Waals surface area contributed by atoms with E-state index in [2.05, 4.69) is 9.71 Å². The third kappa shape index (κ3) is 4.40. The lowest BCUT2D eigenvalue weighted by atomic mass is 10.3. The Kier molecular flexibility index (Phi) is 5.58. The molecule has 9 heteroatoms. The second-order valence-corrected chi connectivity index (χ2v) is 8.05. The van der Waals surface area contributed by atoms with Crippen LogP contribution in [0.25, 0.3) is 0 Å². The zero-order chi connectivity index (χ0) is 18.7. The van der Waals surface area contributed by atoms with Crippen molar-refractivity contribution in [2.75, 3.05) is 4.72 Å². The van der Waals surface area contributed by atoms with Crippen molar-refractivity contribution in [2.24, 2.45) is 0 Å².